The van der Waals surface area contributed by atoms with E-state index in [0.717, 1.165) is 11.3 Å². The van der Waals surface area contributed by atoms with Crippen LogP contribution in [0.3, 0.4) is 0 Å². The fourth-order valence-electron chi connectivity index (χ4n) is 1.69. The van der Waals surface area contributed by atoms with E-state index in [1.807, 2.05) is 38.1 Å². The summed E-state index contributed by atoms with van der Waals surface area (Å²) in [6.45, 7) is 3.91. The van der Waals surface area contributed by atoms with Crippen molar-refractivity contribution in [2.24, 2.45) is 5.84 Å². The van der Waals surface area contributed by atoms with Gasteiger partial charge in [-0.2, -0.15) is 5.10 Å². The number of hydrogen-bond donors (Lipinski definition) is 3. The summed E-state index contributed by atoms with van der Waals surface area (Å²) in [5.74, 6) is 5.39. The predicted octanol–water partition coefficient (Wildman–Crippen LogP) is 1.47. The lowest BCUT2D eigenvalue weighted by Crippen LogP contribution is -2.30. The number of rotatable bonds is 4. The van der Waals surface area contributed by atoms with Crippen LogP contribution in [0.15, 0.2) is 30.3 Å². The summed E-state index contributed by atoms with van der Waals surface area (Å²) in [6.07, 6.45) is 0.0619. The maximum absolute atomic E-state index is 11.4. The Morgan fingerprint density at radius 2 is 2.16 bits per heavy atom. The molecule has 0 aliphatic rings. The molecule has 2 rings (SSSR count). The van der Waals surface area contributed by atoms with E-state index in [4.69, 9.17) is 10.6 Å². The quantitative estimate of drug-likeness (QED) is 0.441. The van der Waals surface area contributed by atoms with E-state index in [-0.39, 0.29) is 6.10 Å². The smallest absolute Gasteiger partial charge is 0.283 e. The molecule has 0 atom stereocenters. The number of nitrogens with one attached hydrogen (secondary N) is 2. The summed E-state index contributed by atoms with van der Waals surface area (Å²) < 4.78 is 5.72. The number of nitrogens with two attached hydrogens (primary N) is 1. The monoisotopic (exact) mass is 260 g/mol. The van der Waals surface area contributed by atoms with Gasteiger partial charge in [0, 0.05) is 5.56 Å². The van der Waals surface area contributed by atoms with Gasteiger partial charge in [-0.1, -0.05) is 12.1 Å². The number of nitrogens with zero attached hydrogens (tertiary/aromatic N) is 1. The van der Waals surface area contributed by atoms with Gasteiger partial charge in [-0.3, -0.25) is 15.3 Å². The molecule has 1 heterocycles. The zero-order chi connectivity index (χ0) is 13.8. The van der Waals surface area contributed by atoms with Crippen molar-refractivity contribution in [2.45, 2.75) is 20.0 Å². The first-order valence-electron chi connectivity index (χ1n) is 5.94. The highest BCUT2D eigenvalue weighted by molar-refractivity contribution is 5.93. The van der Waals surface area contributed by atoms with Crippen LogP contribution in [0.4, 0.5) is 0 Å². The lowest BCUT2D eigenvalue weighted by molar-refractivity contribution is 0.0948. The minimum Gasteiger partial charge on any atom is -0.490 e. The molecular weight excluding hydrogens is 244 g/mol. The van der Waals surface area contributed by atoms with Crippen molar-refractivity contribution >= 4 is 5.91 Å². The second-order valence-electron chi connectivity index (χ2n) is 4.30. The molecule has 0 fully saturated rings. The average molecular weight is 260 g/mol. The number of hydrazine groups is 1. The molecule has 0 saturated heterocycles. The van der Waals surface area contributed by atoms with Crippen LogP contribution in [0.5, 0.6) is 5.75 Å². The summed E-state index contributed by atoms with van der Waals surface area (Å²) >= 11 is 0. The van der Waals surface area contributed by atoms with Gasteiger partial charge in [-0.25, -0.2) is 5.84 Å². The number of hydrogen-bond acceptors (Lipinski definition) is 4. The summed E-state index contributed by atoms with van der Waals surface area (Å²) in [5.41, 5.74) is 3.81. The van der Waals surface area contributed by atoms with Gasteiger partial charge in [-0.15, -0.1) is 0 Å². The highest BCUT2D eigenvalue weighted by Crippen LogP contribution is 2.29. The minimum absolute atomic E-state index is 0.0619. The van der Waals surface area contributed by atoms with Crippen LogP contribution in [0.25, 0.3) is 11.3 Å². The standard InChI is InChI=1S/C13H16N4O2/c1-8(2)19-12-6-4-3-5-9(12)10-7-11(17-16-10)13(18)15-14/h3-8H,14H2,1-2H3,(H,15,18)(H,16,17). The average Bonchev–Trinajstić information content (AvgIpc) is 2.87. The molecule has 0 bridgehead atoms. The van der Waals surface area contributed by atoms with E-state index in [1.165, 1.54) is 0 Å². The maximum Gasteiger partial charge on any atom is 0.283 e. The third-order valence-corrected chi connectivity index (χ3v) is 2.48. The Bertz CT molecular complexity index is 578. The SMILES string of the molecule is CC(C)Oc1ccccc1-c1cc(C(=O)NN)[nH]n1. The zero-order valence-corrected chi connectivity index (χ0v) is 10.8. The third-order valence-electron chi connectivity index (χ3n) is 2.48. The number of ether oxygens (including phenoxy) is 1. The maximum atomic E-state index is 11.4. The first-order chi connectivity index (χ1) is 9.11. The fraction of sp³-hybridized carbons (Fsp3) is 0.231. The summed E-state index contributed by atoms with van der Waals surface area (Å²) in [5, 5.41) is 6.74. The number of amides is 1. The van der Waals surface area contributed by atoms with Gasteiger partial charge in [0.1, 0.15) is 11.4 Å². The number of nitrogen functional groups attached to an aromatic ring is 1. The van der Waals surface area contributed by atoms with Gasteiger partial charge >= 0.3 is 0 Å². The zero-order valence-electron chi connectivity index (χ0n) is 10.8. The van der Waals surface area contributed by atoms with Crippen molar-refractivity contribution in [3.05, 3.63) is 36.0 Å². The second-order valence-corrected chi connectivity index (χ2v) is 4.30. The molecular formula is C13H16N4O2. The van der Waals surface area contributed by atoms with Gasteiger partial charge in [-0.05, 0) is 32.0 Å². The van der Waals surface area contributed by atoms with Crippen LogP contribution in [-0.2, 0) is 0 Å². The molecule has 100 valence electrons. The van der Waals surface area contributed by atoms with Gasteiger partial charge in [0.05, 0.1) is 11.8 Å². The van der Waals surface area contributed by atoms with Crippen LogP contribution in [0.2, 0.25) is 0 Å². The molecule has 2 aromatic rings. The Balaban J connectivity index is 2.36. The van der Waals surface area contributed by atoms with Gasteiger partial charge in [0.25, 0.3) is 5.91 Å². The Morgan fingerprint density at radius 3 is 2.84 bits per heavy atom. The first kappa shape index (κ1) is 13.1. The molecule has 0 unspecified atom stereocenters. The number of H-pyrrole nitrogens is 1. The van der Waals surface area contributed by atoms with Crippen molar-refractivity contribution in [3.8, 4) is 17.0 Å². The van der Waals surface area contributed by atoms with Gasteiger partial charge in [0.2, 0.25) is 0 Å². The predicted molar refractivity (Wildman–Crippen MR) is 71.4 cm³/mol. The Kier molecular flexibility index (Phi) is 3.82. The molecule has 0 radical (unpaired) electrons. The molecule has 0 aliphatic heterocycles. The number of carbonyl (C=O) groups excluding carboxylic acids is 1. The summed E-state index contributed by atoms with van der Waals surface area (Å²) in [7, 11) is 0. The molecule has 6 heteroatoms. The molecule has 19 heavy (non-hydrogen) atoms. The lowest BCUT2D eigenvalue weighted by atomic mass is 10.1. The van der Waals surface area contributed by atoms with Crippen LogP contribution in [-0.4, -0.2) is 22.2 Å². The number of aromatic amines is 1. The lowest BCUT2D eigenvalue weighted by Gasteiger charge is -2.12. The van der Waals surface area contributed by atoms with Crippen molar-refractivity contribution in [1.82, 2.24) is 15.6 Å². The molecule has 1 aromatic heterocycles. The van der Waals surface area contributed by atoms with Crippen molar-refractivity contribution in [1.29, 1.82) is 0 Å². The summed E-state index contributed by atoms with van der Waals surface area (Å²) in [6, 6.07) is 9.16. The Hall–Kier alpha value is -2.34. The van der Waals surface area contributed by atoms with Crippen LogP contribution in [0.1, 0.15) is 24.3 Å². The number of carbonyl (C=O) groups is 1. The molecule has 0 spiro atoms. The first-order valence-corrected chi connectivity index (χ1v) is 5.94. The molecule has 0 aliphatic carbocycles. The van der Waals surface area contributed by atoms with Crippen LogP contribution >= 0.6 is 0 Å². The van der Waals surface area contributed by atoms with E-state index in [2.05, 4.69) is 15.6 Å². The molecule has 1 aromatic carbocycles. The molecule has 1 amide bonds. The van der Waals surface area contributed by atoms with E-state index < -0.39 is 5.91 Å². The number of aromatic nitrogens is 2. The van der Waals surface area contributed by atoms with Crippen LogP contribution in [0, 0.1) is 0 Å². The largest absolute Gasteiger partial charge is 0.490 e. The van der Waals surface area contributed by atoms with Gasteiger partial charge in [0.15, 0.2) is 0 Å². The fourth-order valence-corrected chi connectivity index (χ4v) is 1.69. The van der Waals surface area contributed by atoms with E-state index in [0.29, 0.717) is 11.4 Å². The minimum atomic E-state index is -0.416. The molecule has 4 N–H and O–H groups in total. The second kappa shape index (κ2) is 5.53. The van der Waals surface area contributed by atoms with E-state index >= 15 is 0 Å². The summed E-state index contributed by atoms with van der Waals surface area (Å²) in [4.78, 5) is 11.4. The highest BCUT2D eigenvalue weighted by atomic mass is 16.5. The van der Waals surface area contributed by atoms with Crippen molar-refractivity contribution in [3.63, 3.8) is 0 Å². The molecule has 0 saturated carbocycles. The van der Waals surface area contributed by atoms with E-state index in [9.17, 15) is 4.79 Å². The normalized spacial score (nSPS) is 10.5. The van der Waals surface area contributed by atoms with Gasteiger partial charge < -0.3 is 4.74 Å². The van der Waals surface area contributed by atoms with Crippen LogP contribution < -0.4 is 16.0 Å². The number of para-hydroxylation sites is 1. The topological polar surface area (TPSA) is 93.0 Å². The van der Waals surface area contributed by atoms with Crippen molar-refractivity contribution in [2.75, 3.05) is 0 Å². The Labute approximate surface area is 110 Å². The Morgan fingerprint density at radius 1 is 1.42 bits per heavy atom. The van der Waals surface area contributed by atoms with Crippen molar-refractivity contribution < 1.29 is 9.53 Å². The number of benzene rings is 1. The third kappa shape index (κ3) is 2.92. The highest BCUT2D eigenvalue weighted by Gasteiger charge is 2.13. The van der Waals surface area contributed by atoms with E-state index in [1.54, 1.807) is 6.07 Å². The molecule has 6 nitrogen and oxygen atoms in total.